The normalized spacial score (nSPS) is 17.9. The lowest BCUT2D eigenvalue weighted by molar-refractivity contribution is -0.142. The highest BCUT2D eigenvalue weighted by atomic mass is 19.1. The first-order valence-corrected chi connectivity index (χ1v) is 6.86. The van der Waals surface area contributed by atoms with Crippen LogP contribution in [0.5, 0.6) is 0 Å². The Morgan fingerprint density at radius 1 is 1.27 bits per heavy atom. The van der Waals surface area contributed by atoms with Crippen molar-refractivity contribution >= 4 is 11.7 Å². The molecule has 0 saturated heterocycles. The van der Waals surface area contributed by atoms with Gasteiger partial charge < -0.3 is 4.84 Å². The monoisotopic (exact) mass is 299 g/mol. The van der Waals surface area contributed by atoms with E-state index in [1.165, 1.54) is 17.0 Å². The summed E-state index contributed by atoms with van der Waals surface area (Å²) in [5, 5.41) is 4.00. The van der Waals surface area contributed by atoms with Gasteiger partial charge in [-0.15, -0.1) is 0 Å². The SMILES string of the molecule is CC1ON=C(c2ccccn2)N(Cc2cccc(F)c2)C1=O. The molecule has 2 aromatic rings. The Labute approximate surface area is 127 Å². The first kappa shape index (κ1) is 14.2. The lowest BCUT2D eigenvalue weighted by Gasteiger charge is -2.29. The molecule has 1 amide bonds. The molecule has 0 aliphatic carbocycles. The topological polar surface area (TPSA) is 54.8 Å². The minimum Gasteiger partial charge on any atom is -0.381 e. The fourth-order valence-corrected chi connectivity index (χ4v) is 2.20. The van der Waals surface area contributed by atoms with Crippen LogP contribution in [0.4, 0.5) is 4.39 Å². The van der Waals surface area contributed by atoms with Gasteiger partial charge in [0, 0.05) is 6.20 Å². The Morgan fingerprint density at radius 3 is 2.86 bits per heavy atom. The molecule has 1 unspecified atom stereocenters. The van der Waals surface area contributed by atoms with Crippen LogP contribution in [0, 0.1) is 5.82 Å². The summed E-state index contributed by atoms with van der Waals surface area (Å²) in [5.41, 5.74) is 1.20. The van der Waals surface area contributed by atoms with Crippen LogP contribution in [0.1, 0.15) is 18.2 Å². The minimum atomic E-state index is -0.680. The first-order chi connectivity index (χ1) is 10.6. The second-order valence-corrected chi connectivity index (χ2v) is 4.93. The first-order valence-electron chi connectivity index (χ1n) is 6.86. The van der Waals surface area contributed by atoms with Gasteiger partial charge in [-0.3, -0.25) is 14.7 Å². The maximum absolute atomic E-state index is 13.3. The molecule has 0 bridgehead atoms. The van der Waals surface area contributed by atoms with E-state index in [0.29, 0.717) is 17.1 Å². The molecule has 0 saturated carbocycles. The predicted molar refractivity (Wildman–Crippen MR) is 78.3 cm³/mol. The average molecular weight is 299 g/mol. The Hall–Kier alpha value is -2.76. The quantitative estimate of drug-likeness (QED) is 0.874. The fourth-order valence-electron chi connectivity index (χ4n) is 2.20. The highest BCUT2D eigenvalue weighted by Crippen LogP contribution is 2.17. The van der Waals surface area contributed by atoms with Crippen molar-refractivity contribution in [1.29, 1.82) is 0 Å². The molecule has 3 rings (SSSR count). The van der Waals surface area contributed by atoms with Crippen molar-refractivity contribution < 1.29 is 14.0 Å². The second-order valence-electron chi connectivity index (χ2n) is 4.93. The van der Waals surface area contributed by atoms with Crippen LogP contribution in [0.15, 0.2) is 53.8 Å². The largest absolute Gasteiger partial charge is 0.381 e. The number of aromatic nitrogens is 1. The summed E-state index contributed by atoms with van der Waals surface area (Å²) in [4.78, 5) is 23.2. The summed E-state index contributed by atoms with van der Waals surface area (Å²) in [5.74, 6) is -0.254. The van der Waals surface area contributed by atoms with E-state index in [1.54, 1.807) is 43.5 Å². The highest BCUT2D eigenvalue weighted by Gasteiger charge is 2.32. The third-order valence-electron chi connectivity index (χ3n) is 3.29. The summed E-state index contributed by atoms with van der Waals surface area (Å²) in [6, 6.07) is 11.4. The zero-order valence-corrected chi connectivity index (χ0v) is 11.9. The van der Waals surface area contributed by atoms with E-state index in [1.807, 2.05) is 0 Å². The third kappa shape index (κ3) is 2.81. The van der Waals surface area contributed by atoms with Gasteiger partial charge in [0.15, 0.2) is 0 Å². The molecule has 22 heavy (non-hydrogen) atoms. The molecular weight excluding hydrogens is 285 g/mol. The van der Waals surface area contributed by atoms with E-state index in [-0.39, 0.29) is 18.3 Å². The van der Waals surface area contributed by atoms with Gasteiger partial charge in [0.25, 0.3) is 5.91 Å². The fraction of sp³-hybridized carbons (Fsp3) is 0.188. The van der Waals surface area contributed by atoms with Gasteiger partial charge in [0.2, 0.25) is 11.9 Å². The number of carbonyl (C=O) groups excluding carboxylic acids is 1. The summed E-state index contributed by atoms with van der Waals surface area (Å²) in [6.45, 7) is 1.83. The van der Waals surface area contributed by atoms with Crippen molar-refractivity contribution in [3.8, 4) is 0 Å². The number of rotatable bonds is 3. The molecule has 1 aromatic heterocycles. The molecule has 0 N–H and O–H groups in total. The van der Waals surface area contributed by atoms with Gasteiger partial charge >= 0.3 is 0 Å². The number of carbonyl (C=O) groups is 1. The van der Waals surface area contributed by atoms with Crippen LogP contribution >= 0.6 is 0 Å². The standard InChI is InChI=1S/C16H14FN3O2/c1-11-16(21)20(10-12-5-4-6-13(17)9-12)15(19-22-11)14-7-2-3-8-18-14/h2-9,11H,10H2,1H3. The molecular formula is C16H14FN3O2. The van der Waals surface area contributed by atoms with Gasteiger partial charge in [-0.25, -0.2) is 4.39 Å². The number of benzene rings is 1. The van der Waals surface area contributed by atoms with E-state index in [2.05, 4.69) is 10.1 Å². The third-order valence-corrected chi connectivity index (χ3v) is 3.29. The lowest BCUT2D eigenvalue weighted by Crippen LogP contribution is -2.46. The number of amides is 1. The minimum absolute atomic E-state index is 0.208. The number of halogens is 1. The van der Waals surface area contributed by atoms with Gasteiger partial charge in [0.1, 0.15) is 11.5 Å². The van der Waals surface area contributed by atoms with Crippen LogP contribution in [-0.2, 0) is 16.2 Å². The Bertz CT molecular complexity index is 718. The molecule has 0 spiro atoms. The zero-order chi connectivity index (χ0) is 15.5. The highest BCUT2D eigenvalue weighted by molar-refractivity contribution is 6.08. The predicted octanol–water partition coefficient (Wildman–Crippen LogP) is 2.33. The number of hydrogen-bond acceptors (Lipinski definition) is 4. The van der Waals surface area contributed by atoms with Crippen molar-refractivity contribution in [2.75, 3.05) is 0 Å². The molecule has 5 nitrogen and oxygen atoms in total. The van der Waals surface area contributed by atoms with Crippen LogP contribution in [0.2, 0.25) is 0 Å². The van der Waals surface area contributed by atoms with Crippen molar-refractivity contribution in [3.63, 3.8) is 0 Å². The molecule has 1 aliphatic heterocycles. The van der Waals surface area contributed by atoms with E-state index >= 15 is 0 Å². The van der Waals surface area contributed by atoms with E-state index in [9.17, 15) is 9.18 Å². The van der Waals surface area contributed by atoms with Crippen LogP contribution < -0.4 is 0 Å². The van der Waals surface area contributed by atoms with Crippen LogP contribution in [-0.4, -0.2) is 27.7 Å². The molecule has 1 aliphatic rings. The number of amidine groups is 1. The van der Waals surface area contributed by atoms with Crippen molar-refractivity contribution in [1.82, 2.24) is 9.88 Å². The maximum atomic E-state index is 13.3. The molecule has 112 valence electrons. The van der Waals surface area contributed by atoms with E-state index in [0.717, 1.165) is 0 Å². The summed E-state index contributed by atoms with van der Waals surface area (Å²) < 4.78 is 13.3. The molecule has 6 heteroatoms. The number of nitrogens with zero attached hydrogens (tertiary/aromatic N) is 3. The Kier molecular flexibility index (Phi) is 3.82. The van der Waals surface area contributed by atoms with Crippen molar-refractivity contribution in [2.24, 2.45) is 5.16 Å². The summed E-state index contributed by atoms with van der Waals surface area (Å²) in [6.07, 6.45) is 0.932. The maximum Gasteiger partial charge on any atom is 0.272 e. The van der Waals surface area contributed by atoms with Gasteiger partial charge in [0.05, 0.1) is 6.54 Å². The lowest BCUT2D eigenvalue weighted by atomic mass is 10.1. The van der Waals surface area contributed by atoms with Crippen molar-refractivity contribution in [3.05, 3.63) is 65.7 Å². The molecule has 0 radical (unpaired) electrons. The average Bonchev–Trinajstić information content (AvgIpc) is 2.53. The van der Waals surface area contributed by atoms with Crippen LogP contribution in [0.25, 0.3) is 0 Å². The van der Waals surface area contributed by atoms with Crippen molar-refractivity contribution in [2.45, 2.75) is 19.6 Å². The van der Waals surface area contributed by atoms with Crippen LogP contribution in [0.3, 0.4) is 0 Å². The molecule has 2 heterocycles. The number of hydrogen-bond donors (Lipinski definition) is 0. The zero-order valence-electron chi connectivity index (χ0n) is 11.9. The van der Waals surface area contributed by atoms with Gasteiger partial charge in [-0.2, -0.15) is 0 Å². The Balaban J connectivity index is 1.95. The van der Waals surface area contributed by atoms with Gasteiger partial charge in [-0.05, 0) is 36.8 Å². The molecule has 1 aromatic carbocycles. The molecule has 0 fully saturated rings. The smallest absolute Gasteiger partial charge is 0.272 e. The molecule has 1 atom stereocenters. The van der Waals surface area contributed by atoms with E-state index in [4.69, 9.17) is 4.84 Å². The summed E-state index contributed by atoms with van der Waals surface area (Å²) in [7, 11) is 0. The van der Waals surface area contributed by atoms with Gasteiger partial charge in [-0.1, -0.05) is 23.4 Å². The second kappa shape index (κ2) is 5.93. The number of pyridine rings is 1. The Morgan fingerprint density at radius 2 is 2.14 bits per heavy atom. The van der Waals surface area contributed by atoms with E-state index < -0.39 is 6.10 Å². The summed E-state index contributed by atoms with van der Waals surface area (Å²) >= 11 is 0. The number of oxime groups is 1.